The highest BCUT2D eigenvalue weighted by molar-refractivity contribution is 8.00. The maximum absolute atomic E-state index is 12.7. The molecule has 13 heteroatoms. The molecule has 0 unspecified atom stereocenters. The van der Waals surface area contributed by atoms with Crippen molar-refractivity contribution >= 4 is 45.8 Å². The monoisotopic (exact) mass is 533 g/mol. The van der Waals surface area contributed by atoms with E-state index in [1.165, 1.54) is 18.4 Å². The molecule has 1 amide bonds. The summed E-state index contributed by atoms with van der Waals surface area (Å²) in [5, 5.41) is 30.3. The smallest absolute Gasteiger partial charge is 0.352 e. The number of aliphatic carboxylic acids is 1. The molecule has 3 fully saturated rings. The van der Waals surface area contributed by atoms with Gasteiger partial charge in [0.1, 0.15) is 11.4 Å². The third-order valence-corrected chi connectivity index (χ3v) is 9.25. The average Bonchev–Trinajstić information content (AvgIpc) is 3.47. The molecule has 0 aliphatic carbocycles. The van der Waals surface area contributed by atoms with E-state index in [1.807, 2.05) is 4.90 Å². The molecule has 0 bridgehead atoms. The van der Waals surface area contributed by atoms with Crippen LogP contribution in [0.5, 0.6) is 0 Å². The molecule has 11 nitrogen and oxygen atoms in total. The van der Waals surface area contributed by atoms with Gasteiger partial charge in [-0.05, 0) is 43.8 Å². The van der Waals surface area contributed by atoms with Gasteiger partial charge < -0.3 is 31.6 Å². The third kappa shape index (κ3) is 5.24. The standard InChI is InChI=1S/C23H31N7O4S2/c24-23-27-17(12-36-23)18(28-34)20(31)26-16-10-30-19(22(32)33)15(11-35-21(16)30)7-14-3-6-29(9-14)8-13-1-4-25-5-2-13/h7,12-13,16,21,25,34H,1-6,8-11H2,(H2,24,27)(H,26,31)(H,32,33)/t16-,21-/m1/s1. The second-order valence-electron chi connectivity index (χ2n) is 9.61. The number of likely N-dealkylation sites (tertiary alicyclic amines) is 1. The number of piperidine rings is 1. The number of allylic oxidation sites excluding steroid dienone is 1. The summed E-state index contributed by atoms with van der Waals surface area (Å²) >= 11 is 2.76. The lowest BCUT2D eigenvalue weighted by Gasteiger charge is -2.51. The molecule has 0 aromatic carbocycles. The number of anilines is 1. The number of thiazole rings is 1. The van der Waals surface area contributed by atoms with Crippen molar-refractivity contribution in [3.05, 3.63) is 34.0 Å². The number of thioether (sulfide) groups is 1. The molecule has 1 aromatic heterocycles. The summed E-state index contributed by atoms with van der Waals surface area (Å²) in [5.41, 5.74) is 8.05. The predicted molar refractivity (Wildman–Crippen MR) is 139 cm³/mol. The first-order chi connectivity index (χ1) is 17.4. The van der Waals surface area contributed by atoms with Crippen molar-refractivity contribution in [3.8, 4) is 0 Å². The van der Waals surface area contributed by atoms with Gasteiger partial charge >= 0.3 is 5.97 Å². The van der Waals surface area contributed by atoms with E-state index in [0.29, 0.717) is 18.0 Å². The number of carbonyl (C=O) groups is 2. The number of oxime groups is 1. The van der Waals surface area contributed by atoms with Crippen LogP contribution < -0.4 is 16.4 Å². The lowest BCUT2D eigenvalue weighted by atomic mass is 9.98. The van der Waals surface area contributed by atoms with Crippen LogP contribution in [0.25, 0.3) is 0 Å². The lowest BCUT2D eigenvalue weighted by Crippen LogP contribution is -2.67. The number of nitrogens with two attached hydrogens (primary N) is 1. The Labute approximate surface area is 217 Å². The van der Waals surface area contributed by atoms with Gasteiger partial charge in [0.2, 0.25) is 0 Å². The van der Waals surface area contributed by atoms with Crippen molar-refractivity contribution in [2.45, 2.75) is 30.7 Å². The number of rotatable bonds is 7. The fourth-order valence-electron chi connectivity index (χ4n) is 5.37. The van der Waals surface area contributed by atoms with Gasteiger partial charge in [-0.2, -0.15) is 0 Å². The van der Waals surface area contributed by atoms with Gasteiger partial charge in [-0.25, -0.2) is 9.78 Å². The number of nitrogens with zero attached hydrogens (tertiary/aromatic N) is 4. The summed E-state index contributed by atoms with van der Waals surface area (Å²) in [5.74, 6) is -0.210. The van der Waals surface area contributed by atoms with Gasteiger partial charge in [0.05, 0.1) is 11.4 Å². The molecule has 3 saturated heterocycles. The highest BCUT2D eigenvalue weighted by Crippen LogP contribution is 2.40. The van der Waals surface area contributed by atoms with E-state index in [-0.39, 0.29) is 28.0 Å². The Morgan fingerprint density at radius 1 is 1.36 bits per heavy atom. The maximum atomic E-state index is 12.7. The minimum Gasteiger partial charge on any atom is -0.477 e. The largest absolute Gasteiger partial charge is 0.477 e. The number of carboxylic acids is 1. The van der Waals surface area contributed by atoms with Gasteiger partial charge in [0.25, 0.3) is 5.91 Å². The van der Waals surface area contributed by atoms with E-state index in [4.69, 9.17) is 5.73 Å². The molecule has 2 atom stereocenters. The number of amides is 1. The number of hydrogen-bond acceptors (Lipinski definition) is 11. The third-order valence-electron chi connectivity index (χ3n) is 7.17. The minimum atomic E-state index is -0.947. The van der Waals surface area contributed by atoms with Crippen LogP contribution in [0.2, 0.25) is 0 Å². The summed E-state index contributed by atoms with van der Waals surface area (Å²) in [6, 6.07) is -0.272. The molecule has 5 rings (SSSR count). The number of fused-ring (bicyclic) bond motifs is 1. The Kier molecular flexibility index (Phi) is 7.51. The van der Waals surface area contributed by atoms with Crippen molar-refractivity contribution in [2.75, 3.05) is 50.8 Å². The first-order valence-corrected chi connectivity index (χ1v) is 14.1. The van der Waals surface area contributed by atoms with Gasteiger partial charge in [-0.3, -0.25) is 9.69 Å². The van der Waals surface area contributed by atoms with Crippen LogP contribution in [-0.2, 0) is 9.59 Å². The van der Waals surface area contributed by atoms with Gasteiger partial charge in [-0.15, -0.1) is 23.1 Å². The predicted octanol–water partition coefficient (Wildman–Crippen LogP) is 0.747. The summed E-state index contributed by atoms with van der Waals surface area (Å²) < 4.78 is 0. The summed E-state index contributed by atoms with van der Waals surface area (Å²) in [7, 11) is 0. The number of carboxylic acid groups (broad SMARTS) is 1. The van der Waals surface area contributed by atoms with Crippen molar-refractivity contribution in [1.29, 1.82) is 0 Å². The molecule has 1 aromatic rings. The van der Waals surface area contributed by atoms with Gasteiger partial charge in [0.15, 0.2) is 10.8 Å². The Morgan fingerprint density at radius 2 is 2.17 bits per heavy atom. The molecule has 4 aliphatic heterocycles. The normalized spacial score (nSPS) is 26.7. The van der Waals surface area contributed by atoms with E-state index in [1.54, 1.807) is 17.1 Å². The summed E-state index contributed by atoms with van der Waals surface area (Å²) in [4.78, 5) is 33.2. The number of aromatic nitrogens is 1. The van der Waals surface area contributed by atoms with Gasteiger partial charge in [-0.1, -0.05) is 16.8 Å². The van der Waals surface area contributed by atoms with Crippen molar-refractivity contribution in [3.63, 3.8) is 0 Å². The molecular formula is C23H31N7O4S2. The number of carbonyl (C=O) groups excluding carboxylic acids is 1. The Morgan fingerprint density at radius 3 is 2.86 bits per heavy atom. The van der Waals surface area contributed by atoms with Crippen LogP contribution in [0, 0.1) is 5.92 Å². The first kappa shape index (κ1) is 25.1. The second-order valence-corrected chi connectivity index (χ2v) is 11.6. The van der Waals surface area contributed by atoms with Crippen LogP contribution >= 0.6 is 23.1 Å². The van der Waals surface area contributed by atoms with E-state index in [2.05, 4.69) is 31.7 Å². The van der Waals surface area contributed by atoms with Gasteiger partial charge in [0, 0.05) is 37.3 Å². The maximum Gasteiger partial charge on any atom is 0.352 e. The van der Waals surface area contributed by atoms with Crippen LogP contribution in [0.1, 0.15) is 25.0 Å². The molecule has 194 valence electrons. The van der Waals surface area contributed by atoms with E-state index >= 15 is 0 Å². The summed E-state index contributed by atoms with van der Waals surface area (Å²) in [6.07, 6.45) is 5.50. The van der Waals surface area contributed by atoms with Crippen LogP contribution in [0.3, 0.4) is 0 Å². The quantitative estimate of drug-likeness (QED) is 0.192. The second kappa shape index (κ2) is 10.8. The van der Waals surface area contributed by atoms with E-state index < -0.39 is 11.9 Å². The SMILES string of the molecule is Nc1nc(C(=NO)C(=O)N[C@@H]2CN3C(C(=O)O)=C(C=C4CCN(CC5CCNCC5)C4)CS[C@H]23)cs1. The van der Waals surface area contributed by atoms with Crippen molar-refractivity contribution in [2.24, 2.45) is 11.1 Å². The highest BCUT2D eigenvalue weighted by Gasteiger charge is 2.47. The first-order valence-electron chi connectivity index (χ1n) is 12.1. The Balaban J connectivity index is 1.22. The molecular weight excluding hydrogens is 502 g/mol. The lowest BCUT2D eigenvalue weighted by molar-refractivity contribution is -0.135. The molecule has 4 aliphatic rings. The van der Waals surface area contributed by atoms with E-state index in [0.717, 1.165) is 62.0 Å². The zero-order chi connectivity index (χ0) is 25.2. The average molecular weight is 534 g/mol. The number of nitrogens with one attached hydrogen (secondary N) is 2. The summed E-state index contributed by atoms with van der Waals surface area (Å²) in [6.45, 7) is 5.60. The fraction of sp³-hybridized carbons (Fsp3) is 0.565. The minimum absolute atomic E-state index is 0.192. The Bertz CT molecular complexity index is 1110. The molecule has 0 saturated carbocycles. The zero-order valence-electron chi connectivity index (χ0n) is 19.9. The molecule has 0 spiro atoms. The number of nitrogen functional groups attached to an aromatic ring is 1. The topological polar surface area (TPSA) is 156 Å². The highest BCUT2D eigenvalue weighted by atomic mass is 32.2. The van der Waals surface area contributed by atoms with Crippen LogP contribution in [-0.4, -0.2) is 99.1 Å². The fourth-order valence-corrected chi connectivity index (χ4v) is 7.24. The number of hydrogen-bond donors (Lipinski definition) is 5. The molecule has 0 radical (unpaired) electrons. The Hall–Kier alpha value is -2.61. The molecule has 5 heterocycles. The molecule has 36 heavy (non-hydrogen) atoms. The van der Waals surface area contributed by atoms with Crippen molar-refractivity contribution < 1.29 is 19.9 Å². The zero-order valence-corrected chi connectivity index (χ0v) is 21.5. The van der Waals surface area contributed by atoms with E-state index in [9.17, 15) is 19.9 Å². The van der Waals surface area contributed by atoms with Crippen molar-refractivity contribution in [1.82, 2.24) is 25.4 Å². The molecule has 6 N–H and O–H groups in total. The van der Waals surface area contributed by atoms with Crippen LogP contribution in [0.15, 0.2) is 33.5 Å². The van der Waals surface area contributed by atoms with Crippen LogP contribution in [0.4, 0.5) is 5.13 Å².